The first kappa shape index (κ1) is 13.1. The van der Waals surface area contributed by atoms with Crippen molar-refractivity contribution < 1.29 is 4.39 Å². The summed E-state index contributed by atoms with van der Waals surface area (Å²) in [5.41, 5.74) is 8.81. The first-order valence-corrected chi connectivity index (χ1v) is 6.54. The molecular formula is C16H13FN4. The lowest BCUT2D eigenvalue weighted by molar-refractivity contribution is 0.621. The van der Waals surface area contributed by atoms with E-state index >= 15 is 0 Å². The van der Waals surface area contributed by atoms with Crippen molar-refractivity contribution in [2.24, 2.45) is 0 Å². The third-order valence-electron chi connectivity index (χ3n) is 3.61. The lowest BCUT2D eigenvalue weighted by Crippen LogP contribution is -2.10. The van der Waals surface area contributed by atoms with Gasteiger partial charge in [0.25, 0.3) is 0 Å². The van der Waals surface area contributed by atoms with Crippen LogP contribution in [-0.2, 0) is 0 Å². The monoisotopic (exact) mass is 280 g/mol. The molecule has 1 atom stereocenters. The van der Waals surface area contributed by atoms with Crippen molar-refractivity contribution in [2.45, 2.75) is 13.0 Å². The minimum atomic E-state index is -0.277. The molecule has 1 heterocycles. The van der Waals surface area contributed by atoms with Crippen LogP contribution in [0.2, 0.25) is 0 Å². The lowest BCUT2D eigenvalue weighted by atomic mass is 10.1. The number of nitrogens with two attached hydrogens (primary N) is 1. The molecule has 0 spiro atoms. The molecule has 0 saturated heterocycles. The van der Waals surface area contributed by atoms with Gasteiger partial charge in [0, 0.05) is 0 Å². The van der Waals surface area contributed by atoms with Crippen LogP contribution in [0.15, 0.2) is 42.5 Å². The molecule has 0 saturated carbocycles. The number of nitrogens with zero attached hydrogens (tertiary/aromatic N) is 3. The zero-order valence-corrected chi connectivity index (χ0v) is 11.4. The number of hydrogen-bond donors (Lipinski definition) is 1. The van der Waals surface area contributed by atoms with Crippen LogP contribution in [-0.4, -0.2) is 9.55 Å². The van der Waals surface area contributed by atoms with Crippen molar-refractivity contribution in [2.75, 3.05) is 5.73 Å². The van der Waals surface area contributed by atoms with Crippen LogP contribution >= 0.6 is 0 Å². The Labute approximate surface area is 121 Å². The summed E-state index contributed by atoms with van der Waals surface area (Å²) in [6.45, 7) is 1.96. The number of fused-ring (bicyclic) bond motifs is 1. The third-order valence-corrected chi connectivity index (χ3v) is 3.61. The van der Waals surface area contributed by atoms with E-state index in [0.29, 0.717) is 17.0 Å². The van der Waals surface area contributed by atoms with E-state index in [4.69, 9.17) is 11.0 Å². The number of anilines is 1. The summed E-state index contributed by atoms with van der Waals surface area (Å²) in [4.78, 5) is 4.29. The van der Waals surface area contributed by atoms with Gasteiger partial charge >= 0.3 is 0 Å². The highest BCUT2D eigenvalue weighted by Crippen LogP contribution is 2.28. The van der Waals surface area contributed by atoms with Crippen molar-refractivity contribution >= 4 is 17.0 Å². The molecule has 4 nitrogen and oxygen atoms in total. The van der Waals surface area contributed by atoms with Crippen molar-refractivity contribution in [3.05, 3.63) is 59.4 Å². The Morgan fingerprint density at radius 1 is 1.24 bits per heavy atom. The van der Waals surface area contributed by atoms with Crippen molar-refractivity contribution in [3.8, 4) is 6.07 Å². The number of nitriles is 1. The number of para-hydroxylation sites is 1. The second kappa shape index (κ2) is 4.91. The van der Waals surface area contributed by atoms with Crippen molar-refractivity contribution in [1.82, 2.24) is 9.55 Å². The van der Waals surface area contributed by atoms with Gasteiger partial charge in [0.15, 0.2) is 0 Å². The fourth-order valence-electron chi connectivity index (χ4n) is 2.52. The number of aromatic nitrogens is 2. The number of nitrogen functional groups attached to an aromatic ring is 1. The van der Waals surface area contributed by atoms with Gasteiger partial charge in [0.2, 0.25) is 5.95 Å². The number of halogens is 1. The molecule has 1 unspecified atom stereocenters. The van der Waals surface area contributed by atoms with Crippen molar-refractivity contribution in [1.29, 1.82) is 5.26 Å². The Hall–Kier alpha value is -2.87. The summed E-state index contributed by atoms with van der Waals surface area (Å²) in [7, 11) is 0. The standard InChI is InChI=1S/C16H13FN4/c1-10(11-5-7-13(17)8-6-11)21-14-4-2-3-12(9-18)15(14)20-16(21)19/h2-8,10H,1H3,(H2,19,20). The molecule has 0 aliphatic rings. The van der Waals surface area contributed by atoms with E-state index in [1.807, 2.05) is 17.6 Å². The van der Waals surface area contributed by atoms with Crippen LogP contribution in [0.4, 0.5) is 10.3 Å². The fraction of sp³-hybridized carbons (Fsp3) is 0.125. The minimum absolute atomic E-state index is 0.107. The van der Waals surface area contributed by atoms with Crippen LogP contribution < -0.4 is 5.73 Å². The minimum Gasteiger partial charge on any atom is -0.369 e. The van der Waals surface area contributed by atoms with E-state index in [-0.39, 0.29) is 11.9 Å². The van der Waals surface area contributed by atoms with Crippen LogP contribution in [0, 0.1) is 17.1 Å². The Kier molecular flexibility index (Phi) is 3.07. The Balaban J connectivity index is 2.18. The normalized spacial score (nSPS) is 12.2. The van der Waals surface area contributed by atoms with E-state index in [9.17, 15) is 4.39 Å². The van der Waals surface area contributed by atoms with E-state index in [2.05, 4.69) is 11.1 Å². The SMILES string of the molecule is CC(c1ccc(F)cc1)n1c(N)nc2c(C#N)cccc21. The highest BCUT2D eigenvalue weighted by molar-refractivity contribution is 5.84. The molecule has 0 amide bonds. The molecule has 0 aliphatic carbocycles. The molecule has 3 rings (SSSR count). The van der Waals surface area contributed by atoms with Gasteiger partial charge in [0.05, 0.1) is 17.1 Å². The van der Waals surface area contributed by atoms with Gasteiger partial charge in [-0.05, 0) is 36.8 Å². The number of benzene rings is 2. The Morgan fingerprint density at radius 3 is 2.62 bits per heavy atom. The van der Waals surface area contributed by atoms with Gasteiger partial charge in [-0.1, -0.05) is 18.2 Å². The second-order valence-corrected chi connectivity index (χ2v) is 4.85. The lowest BCUT2D eigenvalue weighted by Gasteiger charge is -2.16. The van der Waals surface area contributed by atoms with Gasteiger partial charge in [-0.25, -0.2) is 9.37 Å². The van der Waals surface area contributed by atoms with Crippen molar-refractivity contribution in [3.63, 3.8) is 0 Å². The van der Waals surface area contributed by atoms with Gasteiger partial charge in [-0.15, -0.1) is 0 Å². The summed E-state index contributed by atoms with van der Waals surface area (Å²) in [5, 5.41) is 9.14. The average molecular weight is 280 g/mol. The van der Waals surface area contributed by atoms with Crippen LogP contribution in [0.25, 0.3) is 11.0 Å². The molecule has 21 heavy (non-hydrogen) atoms. The van der Waals surface area contributed by atoms with Crippen LogP contribution in [0.1, 0.15) is 24.1 Å². The maximum absolute atomic E-state index is 13.0. The molecule has 5 heteroatoms. The van der Waals surface area contributed by atoms with Crippen LogP contribution in [0.5, 0.6) is 0 Å². The maximum atomic E-state index is 13.0. The van der Waals surface area contributed by atoms with Gasteiger partial charge in [0.1, 0.15) is 17.4 Å². The highest BCUT2D eigenvalue weighted by Gasteiger charge is 2.17. The number of imidazole rings is 1. The molecule has 104 valence electrons. The highest BCUT2D eigenvalue weighted by atomic mass is 19.1. The first-order chi connectivity index (χ1) is 10.1. The zero-order chi connectivity index (χ0) is 15.0. The van der Waals surface area contributed by atoms with E-state index in [1.165, 1.54) is 12.1 Å². The molecule has 0 aliphatic heterocycles. The van der Waals surface area contributed by atoms with Gasteiger partial charge in [-0.3, -0.25) is 0 Å². The summed E-state index contributed by atoms with van der Waals surface area (Å²) in [5.74, 6) is 0.0608. The Morgan fingerprint density at radius 2 is 1.95 bits per heavy atom. The van der Waals surface area contributed by atoms with E-state index in [0.717, 1.165) is 11.1 Å². The summed E-state index contributed by atoms with van der Waals surface area (Å²) in [6.07, 6.45) is 0. The topological polar surface area (TPSA) is 67.6 Å². The molecule has 1 aromatic heterocycles. The summed E-state index contributed by atoms with van der Waals surface area (Å²) >= 11 is 0. The van der Waals surface area contributed by atoms with Gasteiger partial charge in [-0.2, -0.15) is 5.26 Å². The van der Waals surface area contributed by atoms with E-state index < -0.39 is 0 Å². The zero-order valence-electron chi connectivity index (χ0n) is 11.4. The number of hydrogen-bond acceptors (Lipinski definition) is 3. The molecule has 2 N–H and O–H groups in total. The van der Waals surface area contributed by atoms with E-state index in [1.54, 1.807) is 24.3 Å². The average Bonchev–Trinajstić information content (AvgIpc) is 2.83. The van der Waals surface area contributed by atoms with Crippen LogP contribution in [0.3, 0.4) is 0 Å². The maximum Gasteiger partial charge on any atom is 0.201 e. The van der Waals surface area contributed by atoms with Gasteiger partial charge < -0.3 is 10.3 Å². The fourth-order valence-corrected chi connectivity index (χ4v) is 2.52. The quantitative estimate of drug-likeness (QED) is 0.783. The summed E-state index contributed by atoms with van der Waals surface area (Å²) < 4.78 is 14.9. The molecule has 0 bridgehead atoms. The summed E-state index contributed by atoms with van der Waals surface area (Å²) in [6, 6.07) is 13.7. The largest absolute Gasteiger partial charge is 0.369 e. The molecule has 3 aromatic rings. The molecular weight excluding hydrogens is 267 g/mol. The predicted octanol–water partition coefficient (Wildman–Crippen LogP) is 3.24. The number of rotatable bonds is 2. The second-order valence-electron chi connectivity index (χ2n) is 4.85. The smallest absolute Gasteiger partial charge is 0.201 e. The first-order valence-electron chi connectivity index (χ1n) is 6.54. The predicted molar refractivity (Wildman–Crippen MR) is 79.1 cm³/mol. The Bertz CT molecular complexity index is 843. The molecule has 0 fully saturated rings. The molecule has 0 radical (unpaired) electrons. The third kappa shape index (κ3) is 2.11. The molecule has 2 aromatic carbocycles.